The molecule has 0 saturated heterocycles. The Hall–Kier alpha value is -1.51. The minimum Gasteiger partial charge on any atom is -0.482 e. The molecule has 3 nitrogen and oxygen atoms in total. The van der Waals surface area contributed by atoms with Crippen LogP contribution in [0.1, 0.15) is 34.6 Å². The Morgan fingerprint density at radius 2 is 1.65 bits per heavy atom. The van der Waals surface area contributed by atoms with Gasteiger partial charge in [0, 0.05) is 0 Å². The second kappa shape index (κ2) is 7.71. The predicted octanol–water partition coefficient (Wildman–Crippen LogP) is 3.43. The van der Waals surface area contributed by atoms with Gasteiger partial charge >= 0.3 is 5.97 Å². The van der Waals surface area contributed by atoms with Crippen LogP contribution in [0.3, 0.4) is 0 Å². The van der Waals surface area contributed by atoms with Crippen molar-refractivity contribution < 1.29 is 14.3 Å². The highest BCUT2D eigenvalue weighted by Crippen LogP contribution is 2.10. The highest BCUT2D eigenvalue weighted by atomic mass is 16.6. The largest absolute Gasteiger partial charge is 0.482 e. The third-order valence-electron chi connectivity index (χ3n) is 1.52. The van der Waals surface area contributed by atoms with E-state index in [1.54, 1.807) is 12.1 Å². The monoisotopic (exact) mass is 238 g/mol. The number of carbonyl (C=O) groups excluding carboxylic acids is 1. The van der Waals surface area contributed by atoms with Crippen LogP contribution in [0.15, 0.2) is 30.3 Å². The van der Waals surface area contributed by atoms with E-state index in [4.69, 9.17) is 9.47 Å². The molecule has 0 spiro atoms. The zero-order chi connectivity index (χ0) is 13.3. The number of carbonyl (C=O) groups is 1. The lowest BCUT2D eigenvalue weighted by Gasteiger charge is -2.19. The van der Waals surface area contributed by atoms with Crippen molar-refractivity contribution in [3.8, 4) is 5.75 Å². The van der Waals surface area contributed by atoms with E-state index in [1.807, 2.05) is 52.8 Å². The molecule has 0 unspecified atom stereocenters. The molecule has 0 aliphatic carbocycles. The van der Waals surface area contributed by atoms with Crippen LogP contribution >= 0.6 is 0 Å². The van der Waals surface area contributed by atoms with Crippen LogP contribution in [0.25, 0.3) is 0 Å². The first-order valence-electron chi connectivity index (χ1n) is 5.87. The quantitative estimate of drug-likeness (QED) is 0.757. The number of hydrogen-bond acceptors (Lipinski definition) is 3. The van der Waals surface area contributed by atoms with Crippen LogP contribution in [0.4, 0.5) is 0 Å². The van der Waals surface area contributed by atoms with Gasteiger partial charge in [-0.15, -0.1) is 0 Å². The zero-order valence-corrected chi connectivity index (χ0v) is 11.3. The molecule has 3 heteroatoms. The summed E-state index contributed by atoms with van der Waals surface area (Å²) in [5, 5.41) is 0. The van der Waals surface area contributed by atoms with Crippen LogP contribution in [-0.4, -0.2) is 18.2 Å². The highest BCUT2D eigenvalue weighted by Gasteiger charge is 2.16. The molecule has 0 fully saturated rings. The Balaban J connectivity index is 0.00000121. The number of esters is 1. The third kappa shape index (κ3) is 8.31. The lowest BCUT2D eigenvalue weighted by atomic mass is 10.2. The van der Waals surface area contributed by atoms with Gasteiger partial charge in [0.2, 0.25) is 0 Å². The Morgan fingerprint density at radius 1 is 1.12 bits per heavy atom. The van der Waals surface area contributed by atoms with Crippen molar-refractivity contribution in [3.05, 3.63) is 30.3 Å². The smallest absolute Gasteiger partial charge is 0.344 e. The van der Waals surface area contributed by atoms with E-state index in [2.05, 4.69) is 0 Å². The van der Waals surface area contributed by atoms with Gasteiger partial charge in [0.05, 0.1) is 0 Å². The highest BCUT2D eigenvalue weighted by molar-refractivity contribution is 5.71. The van der Waals surface area contributed by atoms with Crippen molar-refractivity contribution in [1.82, 2.24) is 0 Å². The van der Waals surface area contributed by atoms with Crippen LogP contribution in [0, 0.1) is 0 Å². The molecule has 96 valence electrons. The van der Waals surface area contributed by atoms with Gasteiger partial charge in [0.1, 0.15) is 11.4 Å². The van der Waals surface area contributed by atoms with Crippen molar-refractivity contribution >= 4 is 5.97 Å². The van der Waals surface area contributed by atoms with E-state index in [0.717, 1.165) is 0 Å². The average molecular weight is 238 g/mol. The molecule has 1 aromatic carbocycles. The van der Waals surface area contributed by atoms with Crippen LogP contribution in [-0.2, 0) is 9.53 Å². The second-order valence-corrected chi connectivity index (χ2v) is 4.19. The molecule has 1 aromatic rings. The van der Waals surface area contributed by atoms with Gasteiger partial charge in [-0.05, 0) is 32.9 Å². The van der Waals surface area contributed by atoms with Gasteiger partial charge in [-0.3, -0.25) is 0 Å². The molecular weight excluding hydrogens is 216 g/mol. The summed E-state index contributed by atoms with van der Waals surface area (Å²) in [5.41, 5.74) is -0.461. The zero-order valence-electron chi connectivity index (χ0n) is 11.3. The van der Waals surface area contributed by atoms with Crippen molar-refractivity contribution in [2.45, 2.75) is 40.2 Å². The van der Waals surface area contributed by atoms with Gasteiger partial charge < -0.3 is 9.47 Å². The summed E-state index contributed by atoms with van der Waals surface area (Å²) < 4.78 is 10.3. The van der Waals surface area contributed by atoms with Crippen molar-refractivity contribution in [2.24, 2.45) is 0 Å². The van der Waals surface area contributed by atoms with Gasteiger partial charge in [-0.2, -0.15) is 0 Å². The number of ether oxygens (including phenoxy) is 2. The minimum absolute atomic E-state index is 0.0543. The van der Waals surface area contributed by atoms with Gasteiger partial charge in [0.15, 0.2) is 6.61 Å². The number of rotatable bonds is 3. The maximum absolute atomic E-state index is 11.3. The molecular formula is C14H22O3. The maximum atomic E-state index is 11.3. The molecule has 0 saturated carbocycles. The summed E-state index contributed by atoms with van der Waals surface area (Å²) in [6.45, 7) is 9.43. The summed E-state index contributed by atoms with van der Waals surface area (Å²) >= 11 is 0. The fourth-order valence-corrected chi connectivity index (χ4v) is 1.03. The standard InChI is InChI=1S/C12H16O3.C2H6/c1-12(2,3)15-11(13)9-14-10-7-5-4-6-8-10;1-2/h4-8H,9H2,1-3H3;1-2H3. The fourth-order valence-electron chi connectivity index (χ4n) is 1.03. The Labute approximate surface area is 104 Å². The van der Waals surface area contributed by atoms with E-state index in [1.165, 1.54) is 0 Å². The Kier molecular flexibility index (Phi) is 7.03. The van der Waals surface area contributed by atoms with E-state index >= 15 is 0 Å². The molecule has 1 rings (SSSR count). The van der Waals surface area contributed by atoms with E-state index in [-0.39, 0.29) is 12.6 Å². The lowest BCUT2D eigenvalue weighted by molar-refractivity contribution is -0.157. The van der Waals surface area contributed by atoms with E-state index < -0.39 is 5.60 Å². The summed E-state index contributed by atoms with van der Waals surface area (Å²) in [6, 6.07) is 9.18. The summed E-state index contributed by atoms with van der Waals surface area (Å²) in [5.74, 6) is 0.315. The number of hydrogen-bond donors (Lipinski definition) is 0. The van der Waals surface area contributed by atoms with E-state index in [9.17, 15) is 4.79 Å². The van der Waals surface area contributed by atoms with Gasteiger partial charge in [-0.25, -0.2) is 4.79 Å². The molecule has 0 heterocycles. The number of benzene rings is 1. The third-order valence-corrected chi connectivity index (χ3v) is 1.52. The first-order chi connectivity index (χ1) is 7.97. The van der Waals surface area contributed by atoms with Gasteiger partial charge in [0.25, 0.3) is 0 Å². The number of para-hydroxylation sites is 1. The maximum Gasteiger partial charge on any atom is 0.344 e. The molecule has 0 aliphatic heterocycles. The molecule has 0 atom stereocenters. The average Bonchev–Trinajstić information content (AvgIpc) is 2.28. The minimum atomic E-state index is -0.461. The van der Waals surface area contributed by atoms with E-state index in [0.29, 0.717) is 5.75 Å². The molecule has 17 heavy (non-hydrogen) atoms. The lowest BCUT2D eigenvalue weighted by Crippen LogP contribution is -2.27. The van der Waals surface area contributed by atoms with Crippen LogP contribution in [0.2, 0.25) is 0 Å². The molecule has 0 radical (unpaired) electrons. The van der Waals surface area contributed by atoms with Crippen LogP contribution in [0.5, 0.6) is 5.75 Å². The molecule has 0 amide bonds. The van der Waals surface area contributed by atoms with Crippen molar-refractivity contribution in [3.63, 3.8) is 0 Å². The van der Waals surface area contributed by atoms with Gasteiger partial charge in [-0.1, -0.05) is 32.0 Å². The summed E-state index contributed by atoms with van der Waals surface area (Å²) in [6.07, 6.45) is 0. The Morgan fingerprint density at radius 3 is 2.12 bits per heavy atom. The SMILES string of the molecule is CC.CC(C)(C)OC(=O)COc1ccccc1. The molecule has 0 N–H and O–H groups in total. The fraction of sp³-hybridized carbons (Fsp3) is 0.500. The summed E-state index contributed by atoms with van der Waals surface area (Å²) in [4.78, 5) is 11.3. The van der Waals surface area contributed by atoms with Crippen LogP contribution < -0.4 is 4.74 Å². The van der Waals surface area contributed by atoms with Crippen molar-refractivity contribution in [1.29, 1.82) is 0 Å². The second-order valence-electron chi connectivity index (χ2n) is 4.19. The first-order valence-corrected chi connectivity index (χ1v) is 5.87. The summed E-state index contributed by atoms with van der Waals surface area (Å²) in [7, 11) is 0. The topological polar surface area (TPSA) is 35.5 Å². The molecule has 0 aliphatic rings. The predicted molar refractivity (Wildman–Crippen MR) is 69.1 cm³/mol. The molecule has 0 bridgehead atoms. The first kappa shape index (κ1) is 15.5. The van der Waals surface area contributed by atoms with Crippen molar-refractivity contribution in [2.75, 3.05) is 6.61 Å². The molecule has 0 aromatic heterocycles. The normalized spacial score (nSPS) is 9.94. The Bertz CT molecular complexity index is 312.